The van der Waals surface area contributed by atoms with Gasteiger partial charge in [0.25, 0.3) is 0 Å². The largest absolute Gasteiger partial charge is 0.478 e. The van der Waals surface area contributed by atoms with E-state index < -0.39 is 31.3 Å². The van der Waals surface area contributed by atoms with E-state index in [0.717, 1.165) is 0 Å². The number of carbonyl (C=O) groups excluding carboxylic acids is 1. The van der Waals surface area contributed by atoms with E-state index in [2.05, 4.69) is 15.2 Å². The number of halogens is 3. The maximum atomic E-state index is 12.0. The van der Waals surface area contributed by atoms with Gasteiger partial charge < -0.3 is 15.2 Å². The molecule has 10 heteroatoms. The number of alkyl halides is 3. The van der Waals surface area contributed by atoms with Crippen molar-refractivity contribution in [2.45, 2.75) is 13.1 Å². The molecule has 7 nitrogen and oxygen atoms in total. The third kappa shape index (κ3) is 5.05. The Bertz CT molecular complexity index is 787. The predicted octanol–water partition coefficient (Wildman–Crippen LogP) is 2.40. The topological polar surface area (TPSA) is 93.5 Å². The van der Waals surface area contributed by atoms with Crippen molar-refractivity contribution < 1.29 is 32.6 Å². The summed E-state index contributed by atoms with van der Waals surface area (Å²) in [6, 6.07) is 6.26. The highest BCUT2D eigenvalue weighted by atomic mass is 19.4. The highest BCUT2D eigenvalue weighted by Crippen LogP contribution is 2.18. The van der Waals surface area contributed by atoms with Crippen molar-refractivity contribution in [1.29, 1.82) is 0 Å². The summed E-state index contributed by atoms with van der Waals surface area (Å²) in [7, 11) is 0. The number of aromatic nitrogens is 2. The Morgan fingerprint density at radius 3 is 2.68 bits per heavy atom. The summed E-state index contributed by atoms with van der Waals surface area (Å²) in [5.74, 6) is -1.86. The molecule has 2 rings (SSSR count). The summed E-state index contributed by atoms with van der Waals surface area (Å²) >= 11 is 0. The van der Waals surface area contributed by atoms with Gasteiger partial charge >= 0.3 is 12.1 Å². The first-order valence-corrected chi connectivity index (χ1v) is 7.00. The molecule has 2 N–H and O–H groups in total. The lowest BCUT2D eigenvalue weighted by Crippen LogP contribution is -2.24. The van der Waals surface area contributed by atoms with Crippen LogP contribution in [0, 0.1) is 6.92 Å². The van der Waals surface area contributed by atoms with Crippen LogP contribution >= 0.6 is 0 Å². The molecular weight excluding hydrogens is 343 g/mol. The first-order chi connectivity index (χ1) is 11.7. The van der Waals surface area contributed by atoms with Crippen LogP contribution < -0.4 is 5.32 Å². The number of hydrogen-bond acceptors (Lipinski definition) is 4. The highest BCUT2D eigenvalue weighted by molar-refractivity contribution is 5.92. The quantitative estimate of drug-likeness (QED) is 0.828. The fourth-order valence-electron chi connectivity index (χ4n) is 2.05. The number of nitrogens with one attached hydrogen (secondary N) is 1. The minimum Gasteiger partial charge on any atom is -0.478 e. The average Bonchev–Trinajstić information content (AvgIpc) is 2.88. The second-order valence-electron chi connectivity index (χ2n) is 5.07. The number of benzene rings is 1. The summed E-state index contributed by atoms with van der Waals surface area (Å²) in [5, 5.41) is 15.4. The lowest BCUT2D eigenvalue weighted by molar-refractivity contribution is -0.174. The molecule has 0 atom stereocenters. The van der Waals surface area contributed by atoms with Crippen LogP contribution in [-0.4, -0.2) is 46.2 Å². The molecule has 1 aromatic heterocycles. The van der Waals surface area contributed by atoms with Crippen molar-refractivity contribution in [3.8, 4) is 5.69 Å². The van der Waals surface area contributed by atoms with E-state index in [0.29, 0.717) is 17.1 Å². The van der Waals surface area contributed by atoms with Gasteiger partial charge in [0.15, 0.2) is 0 Å². The van der Waals surface area contributed by atoms with Gasteiger partial charge in [0.2, 0.25) is 5.91 Å². The molecule has 0 spiro atoms. The molecule has 1 aromatic carbocycles. The van der Waals surface area contributed by atoms with E-state index >= 15 is 0 Å². The molecule has 0 saturated carbocycles. The maximum absolute atomic E-state index is 12.0. The van der Waals surface area contributed by atoms with Crippen molar-refractivity contribution in [3.63, 3.8) is 0 Å². The molecular formula is C15H14F3N3O4. The summed E-state index contributed by atoms with van der Waals surface area (Å²) in [6.45, 7) is -0.675. The second-order valence-corrected chi connectivity index (χ2v) is 5.07. The molecule has 134 valence electrons. The molecule has 2 aromatic rings. The maximum Gasteiger partial charge on any atom is 0.411 e. The molecule has 25 heavy (non-hydrogen) atoms. The van der Waals surface area contributed by atoms with Gasteiger partial charge in [-0.1, -0.05) is 6.07 Å². The Morgan fingerprint density at radius 2 is 2.08 bits per heavy atom. The number of ether oxygens (including phenoxy) is 1. The zero-order valence-electron chi connectivity index (χ0n) is 13.0. The first kappa shape index (κ1) is 18.5. The van der Waals surface area contributed by atoms with Crippen LogP contribution in [0.2, 0.25) is 0 Å². The van der Waals surface area contributed by atoms with Gasteiger partial charge in [-0.05, 0) is 25.1 Å². The van der Waals surface area contributed by atoms with Gasteiger partial charge in [-0.2, -0.15) is 18.3 Å². The lowest BCUT2D eigenvalue weighted by Gasteiger charge is -2.10. The van der Waals surface area contributed by atoms with Gasteiger partial charge in [0.05, 0.1) is 17.6 Å². The summed E-state index contributed by atoms with van der Waals surface area (Å²) in [4.78, 5) is 22.6. The Morgan fingerprint density at radius 1 is 1.36 bits per heavy atom. The van der Waals surface area contributed by atoms with Crippen LogP contribution in [0.4, 0.5) is 18.9 Å². The van der Waals surface area contributed by atoms with E-state index in [9.17, 15) is 22.8 Å². The fourth-order valence-corrected chi connectivity index (χ4v) is 2.05. The predicted molar refractivity (Wildman–Crippen MR) is 80.8 cm³/mol. The van der Waals surface area contributed by atoms with E-state index in [1.807, 2.05) is 0 Å². The smallest absolute Gasteiger partial charge is 0.411 e. The zero-order chi connectivity index (χ0) is 18.6. The van der Waals surface area contributed by atoms with Crippen molar-refractivity contribution >= 4 is 17.6 Å². The molecule has 1 amide bonds. The van der Waals surface area contributed by atoms with Gasteiger partial charge in [0, 0.05) is 5.69 Å². The first-order valence-electron chi connectivity index (χ1n) is 7.00. The summed E-state index contributed by atoms with van der Waals surface area (Å²) < 4.78 is 41.5. The number of hydrogen-bond donors (Lipinski definition) is 2. The summed E-state index contributed by atoms with van der Waals surface area (Å²) in [6.07, 6.45) is -3.30. The van der Waals surface area contributed by atoms with Crippen LogP contribution in [0.3, 0.4) is 0 Å². The van der Waals surface area contributed by atoms with Crippen molar-refractivity contribution in [2.75, 3.05) is 18.5 Å². The number of rotatable bonds is 6. The fraction of sp³-hybridized carbons (Fsp3) is 0.267. The van der Waals surface area contributed by atoms with Crippen LogP contribution in [0.5, 0.6) is 0 Å². The normalized spacial score (nSPS) is 11.4. The van der Waals surface area contributed by atoms with Gasteiger partial charge in [-0.15, -0.1) is 0 Å². The minimum atomic E-state index is -4.50. The third-order valence-electron chi connectivity index (χ3n) is 3.11. The molecule has 0 fully saturated rings. The molecule has 0 aliphatic rings. The second kappa shape index (κ2) is 7.34. The summed E-state index contributed by atoms with van der Waals surface area (Å²) in [5.41, 5.74) is 1.23. The number of carboxylic acid groups (broad SMARTS) is 1. The molecule has 0 radical (unpaired) electrons. The Balaban J connectivity index is 2.06. The Kier molecular flexibility index (Phi) is 5.42. The number of carboxylic acids is 1. The molecule has 1 heterocycles. The number of anilines is 1. The van der Waals surface area contributed by atoms with Gasteiger partial charge in [-0.25, -0.2) is 9.48 Å². The molecule has 0 bridgehead atoms. The van der Waals surface area contributed by atoms with E-state index in [1.165, 1.54) is 23.0 Å². The van der Waals surface area contributed by atoms with E-state index in [1.54, 1.807) is 19.1 Å². The van der Waals surface area contributed by atoms with Gasteiger partial charge in [-0.3, -0.25) is 4.79 Å². The number of amides is 1. The highest BCUT2D eigenvalue weighted by Gasteiger charge is 2.27. The third-order valence-corrected chi connectivity index (χ3v) is 3.11. The molecule has 0 aliphatic carbocycles. The number of carbonyl (C=O) groups is 2. The number of aromatic carboxylic acids is 1. The average molecular weight is 357 g/mol. The van der Waals surface area contributed by atoms with Crippen LogP contribution in [-0.2, 0) is 9.53 Å². The van der Waals surface area contributed by atoms with Crippen LogP contribution in [0.25, 0.3) is 5.69 Å². The SMILES string of the molecule is Cc1c(C(=O)O)cnn1-c1cccc(NC(=O)COCC(F)(F)F)c1. The van der Waals surface area contributed by atoms with Crippen molar-refractivity contribution in [2.24, 2.45) is 0 Å². The molecule has 0 aliphatic heterocycles. The van der Waals surface area contributed by atoms with Crippen molar-refractivity contribution in [3.05, 3.63) is 41.7 Å². The van der Waals surface area contributed by atoms with Crippen LogP contribution in [0.15, 0.2) is 30.5 Å². The minimum absolute atomic E-state index is 0.0370. The Labute approximate surface area is 140 Å². The number of nitrogens with zero attached hydrogens (tertiary/aromatic N) is 2. The van der Waals surface area contributed by atoms with E-state index in [-0.39, 0.29) is 5.56 Å². The molecule has 0 saturated heterocycles. The van der Waals surface area contributed by atoms with Gasteiger partial charge in [0.1, 0.15) is 18.8 Å². The van der Waals surface area contributed by atoms with Crippen molar-refractivity contribution in [1.82, 2.24) is 9.78 Å². The Hall–Kier alpha value is -2.88. The van der Waals surface area contributed by atoms with Crippen LogP contribution in [0.1, 0.15) is 16.1 Å². The zero-order valence-corrected chi connectivity index (χ0v) is 13.0. The monoisotopic (exact) mass is 357 g/mol. The van der Waals surface area contributed by atoms with E-state index in [4.69, 9.17) is 5.11 Å². The lowest BCUT2D eigenvalue weighted by atomic mass is 10.2. The molecule has 0 unspecified atom stereocenters. The standard InChI is InChI=1S/C15H14F3N3O4/c1-9-12(14(23)24)6-19-21(9)11-4-2-3-10(5-11)20-13(22)7-25-8-15(16,17)18/h2-6H,7-8H2,1H3,(H,20,22)(H,23,24).